The van der Waals surface area contributed by atoms with Crippen molar-refractivity contribution in [3.63, 3.8) is 0 Å². The highest BCUT2D eigenvalue weighted by molar-refractivity contribution is 7.70. The average molecular weight is 786 g/mol. The van der Waals surface area contributed by atoms with Crippen molar-refractivity contribution in [3.8, 4) is 5.75 Å². The van der Waals surface area contributed by atoms with E-state index >= 15 is 0 Å². The number of piperidine rings is 2. The number of hydrogen-bond acceptors (Lipinski definition) is 12. The minimum Gasteiger partial charge on any atom is -0.494 e. The number of anilines is 6. The number of benzene rings is 3. The second kappa shape index (κ2) is 17.0. The summed E-state index contributed by atoms with van der Waals surface area (Å²) in [5.74, 6) is 0.980. The van der Waals surface area contributed by atoms with Crippen LogP contribution < -0.4 is 36.2 Å². The molecule has 0 spiro atoms. The Morgan fingerprint density at radius 1 is 0.891 bits per heavy atom. The lowest BCUT2D eigenvalue weighted by Crippen LogP contribution is -2.53. The van der Waals surface area contributed by atoms with Gasteiger partial charge in [-0.25, -0.2) is 4.98 Å². The van der Waals surface area contributed by atoms with E-state index in [4.69, 9.17) is 16.3 Å². The highest BCUT2D eigenvalue weighted by Crippen LogP contribution is 2.39. The van der Waals surface area contributed by atoms with E-state index in [-0.39, 0.29) is 11.8 Å². The lowest BCUT2D eigenvalue weighted by molar-refractivity contribution is -0.133. The Balaban J connectivity index is 0.915. The highest BCUT2D eigenvalue weighted by atomic mass is 35.5. The summed E-state index contributed by atoms with van der Waals surface area (Å²) in [6, 6.07) is 21.9. The molecule has 1 unspecified atom stereocenters. The van der Waals surface area contributed by atoms with Crippen LogP contribution in [0.2, 0.25) is 5.02 Å². The lowest BCUT2D eigenvalue weighted by atomic mass is 10.0. The van der Waals surface area contributed by atoms with Crippen molar-refractivity contribution in [2.24, 2.45) is 0 Å². The summed E-state index contributed by atoms with van der Waals surface area (Å²) in [5, 5.41) is 13.4. The topological polar surface area (TPSA) is 144 Å². The molecule has 290 valence electrons. The zero-order valence-electron chi connectivity index (χ0n) is 31.6. The zero-order chi connectivity index (χ0) is 38.5. The molecule has 1 atom stereocenters. The summed E-state index contributed by atoms with van der Waals surface area (Å²) >= 11 is 6.48. The minimum absolute atomic E-state index is 0.204. The summed E-state index contributed by atoms with van der Waals surface area (Å²) in [5.41, 5.74) is 4.65. The van der Waals surface area contributed by atoms with E-state index in [1.807, 2.05) is 48.5 Å². The zero-order valence-corrected chi connectivity index (χ0v) is 33.2. The molecule has 0 radical (unpaired) electrons. The number of rotatable bonds is 12. The van der Waals surface area contributed by atoms with Crippen LogP contribution in [-0.2, 0) is 20.7 Å². The van der Waals surface area contributed by atoms with Crippen molar-refractivity contribution in [1.29, 1.82) is 0 Å². The van der Waals surface area contributed by atoms with Crippen molar-refractivity contribution in [2.75, 3.05) is 80.6 Å². The van der Waals surface area contributed by atoms with Gasteiger partial charge in [-0.15, -0.1) is 0 Å². The Labute approximate surface area is 327 Å². The van der Waals surface area contributed by atoms with Gasteiger partial charge in [0.15, 0.2) is 5.82 Å². The molecule has 4 heterocycles. The van der Waals surface area contributed by atoms with Gasteiger partial charge in [-0.3, -0.25) is 24.7 Å². The number of nitrogens with one attached hydrogen (secondary N) is 4. The number of aromatic nitrogens is 2. The van der Waals surface area contributed by atoms with Gasteiger partial charge >= 0.3 is 0 Å². The third kappa shape index (κ3) is 9.41. The number of piperazine rings is 1. The Morgan fingerprint density at radius 3 is 2.35 bits per heavy atom. The van der Waals surface area contributed by atoms with Crippen molar-refractivity contribution >= 4 is 70.4 Å². The predicted octanol–water partition coefficient (Wildman–Crippen LogP) is 5.88. The van der Waals surface area contributed by atoms with E-state index in [2.05, 4.69) is 64.1 Å². The number of methoxy groups -OCH3 is 1. The number of nitrogens with zero attached hydrogens (tertiary/aromatic N) is 5. The molecule has 55 heavy (non-hydrogen) atoms. The molecule has 0 aliphatic carbocycles. The van der Waals surface area contributed by atoms with Crippen LogP contribution in [0.25, 0.3) is 0 Å². The van der Waals surface area contributed by atoms with E-state index in [0.717, 1.165) is 86.6 Å². The number of amides is 2. The molecule has 4 aromatic rings. The molecule has 3 aliphatic rings. The van der Waals surface area contributed by atoms with E-state index in [1.54, 1.807) is 20.4 Å². The Hall–Kier alpha value is -4.68. The average Bonchev–Trinajstić information content (AvgIpc) is 3.18. The van der Waals surface area contributed by atoms with Crippen molar-refractivity contribution in [1.82, 2.24) is 25.1 Å². The molecular formula is C40H49ClN9O4P. The molecule has 4 N–H and O–H groups in total. The number of carbonyl (C=O) groups is 2. The number of hydrogen-bond donors (Lipinski definition) is 4. The monoisotopic (exact) mass is 785 g/mol. The number of carbonyl (C=O) groups excluding carboxylic acids is 2. The van der Waals surface area contributed by atoms with E-state index in [9.17, 15) is 14.2 Å². The van der Waals surface area contributed by atoms with Crippen molar-refractivity contribution in [2.45, 2.75) is 44.3 Å². The first-order valence-electron chi connectivity index (χ1n) is 18.8. The number of para-hydroxylation sites is 2. The standard InChI is InChI=1S/C40H49ClN9O4P/c1-54-35-24-29(12-13-32(35)45-40-42-25-30(41)38(47-40)44-33-10-6-7-11-36(33)55(2,3)53)49-18-16-28(17-19-49)50-22-20-48(21-23-50)26-27-8-4-5-9-31(27)43-34-14-15-37(51)46-39(34)52/h4-13,24-25,28,34,43H,14-23,26H2,1-3H3,(H,46,51,52)(H2,42,44,45,47). The van der Waals surface area contributed by atoms with E-state index < -0.39 is 13.2 Å². The molecule has 2 amide bonds. The van der Waals surface area contributed by atoms with Gasteiger partial charge in [-0.2, -0.15) is 4.98 Å². The molecule has 3 aliphatic heterocycles. The third-order valence-corrected chi connectivity index (χ3v) is 12.5. The normalized spacial score (nSPS) is 18.8. The minimum atomic E-state index is -2.54. The van der Waals surface area contributed by atoms with Gasteiger partial charge < -0.3 is 30.2 Å². The summed E-state index contributed by atoms with van der Waals surface area (Å²) in [6.07, 6.45) is 4.57. The molecule has 3 saturated heterocycles. The van der Waals surface area contributed by atoms with Crippen LogP contribution in [0.5, 0.6) is 5.75 Å². The van der Waals surface area contributed by atoms with Crippen molar-refractivity contribution in [3.05, 3.63) is 83.5 Å². The fourth-order valence-corrected chi connectivity index (χ4v) is 8.92. The van der Waals surface area contributed by atoms with Gasteiger partial charge in [0.1, 0.15) is 24.0 Å². The third-order valence-electron chi connectivity index (χ3n) is 10.6. The Morgan fingerprint density at radius 2 is 1.62 bits per heavy atom. The van der Waals surface area contributed by atoms with Crippen LogP contribution in [-0.4, -0.2) is 103 Å². The summed E-state index contributed by atoms with van der Waals surface area (Å²) in [7, 11) is -0.884. The summed E-state index contributed by atoms with van der Waals surface area (Å²) in [4.78, 5) is 40.5. The highest BCUT2D eigenvalue weighted by Gasteiger charge is 2.30. The van der Waals surface area contributed by atoms with E-state index in [0.29, 0.717) is 47.1 Å². The van der Waals surface area contributed by atoms with Crippen LogP contribution in [0, 0.1) is 0 Å². The number of ether oxygens (including phenoxy) is 1. The van der Waals surface area contributed by atoms with Crippen LogP contribution in [0.4, 0.5) is 34.5 Å². The second-order valence-electron chi connectivity index (χ2n) is 14.7. The number of imide groups is 1. The molecule has 0 bridgehead atoms. The van der Waals surface area contributed by atoms with Gasteiger partial charge in [0.25, 0.3) is 0 Å². The van der Waals surface area contributed by atoms with Crippen molar-refractivity contribution < 1.29 is 18.9 Å². The van der Waals surface area contributed by atoms with Gasteiger partial charge in [-0.05, 0) is 68.5 Å². The lowest BCUT2D eigenvalue weighted by Gasteiger charge is -2.43. The van der Waals surface area contributed by atoms with E-state index in [1.165, 1.54) is 6.20 Å². The quantitative estimate of drug-likeness (QED) is 0.101. The van der Waals surface area contributed by atoms with Crippen LogP contribution in [0.15, 0.2) is 72.9 Å². The maximum absolute atomic E-state index is 12.9. The van der Waals surface area contributed by atoms with Gasteiger partial charge in [0.2, 0.25) is 17.8 Å². The first-order chi connectivity index (χ1) is 26.5. The number of halogens is 1. The summed E-state index contributed by atoms with van der Waals surface area (Å²) in [6.45, 7) is 10.2. The second-order valence-corrected chi connectivity index (χ2v) is 18.3. The molecule has 15 heteroatoms. The molecule has 7 rings (SSSR count). The predicted molar refractivity (Wildman–Crippen MR) is 220 cm³/mol. The largest absolute Gasteiger partial charge is 0.494 e. The molecule has 1 aromatic heterocycles. The Kier molecular flexibility index (Phi) is 11.9. The molecule has 3 aromatic carbocycles. The Bertz CT molecular complexity index is 2060. The maximum atomic E-state index is 12.9. The van der Waals surface area contributed by atoms with Crippen LogP contribution in [0.3, 0.4) is 0 Å². The molecule has 13 nitrogen and oxygen atoms in total. The van der Waals surface area contributed by atoms with Gasteiger partial charge in [0.05, 0.1) is 24.7 Å². The summed E-state index contributed by atoms with van der Waals surface area (Å²) < 4.78 is 18.7. The first-order valence-corrected chi connectivity index (χ1v) is 21.8. The fourth-order valence-electron chi connectivity index (χ4n) is 7.63. The molecular weight excluding hydrogens is 737 g/mol. The SMILES string of the molecule is COc1cc(N2CCC(N3CCN(Cc4ccccc4NC4CCC(=O)NC4=O)CC3)CC2)ccc1Nc1ncc(Cl)c(Nc2ccccc2P(C)(C)=O)n1. The fraction of sp³-hybridized carbons (Fsp3) is 0.400. The van der Waals surface area contributed by atoms with Crippen LogP contribution >= 0.6 is 18.7 Å². The molecule has 3 fully saturated rings. The van der Waals surface area contributed by atoms with Gasteiger partial charge in [-0.1, -0.05) is 41.9 Å². The molecule has 0 saturated carbocycles. The van der Waals surface area contributed by atoms with Gasteiger partial charge in [0, 0.05) is 81.0 Å². The first kappa shape index (κ1) is 38.6. The van der Waals surface area contributed by atoms with Crippen LogP contribution in [0.1, 0.15) is 31.2 Å². The smallest absolute Gasteiger partial charge is 0.249 e. The maximum Gasteiger partial charge on any atom is 0.249 e.